The molecule has 100 valence electrons. The van der Waals surface area contributed by atoms with Crippen molar-refractivity contribution in [3.8, 4) is 0 Å². The number of hydrogen-bond acceptors (Lipinski definition) is 4. The summed E-state index contributed by atoms with van der Waals surface area (Å²) in [6.07, 6.45) is 16.1. The summed E-state index contributed by atoms with van der Waals surface area (Å²) in [7, 11) is 0. The molecule has 6 heteroatoms. The lowest BCUT2D eigenvalue weighted by Crippen LogP contribution is -2.56. The topological polar surface area (TPSA) is 18.5 Å². The Kier molecular flexibility index (Phi) is 1.96. The van der Waals surface area contributed by atoms with Crippen LogP contribution in [0, 0.1) is 10.7 Å². The largest absolute Gasteiger partial charge is 0.390 e. The first-order valence-corrected chi connectivity index (χ1v) is 7.98. The summed E-state index contributed by atoms with van der Waals surface area (Å²) in [5.41, 5.74) is 0. The second-order valence-corrected chi connectivity index (χ2v) is 6.50. The number of thioether (sulfide) groups is 2. The van der Waals surface area contributed by atoms with Crippen molar-refractivity contribution in [2.75, 3.05) is 0 Å². The Morgan fingerprint density at radius 1 is 0.750 bits per heavy atom. The van der Waals surface area contributed by atoms with E-state index in [0.29, 0.717) is 0 Å². The molecule has 0 aromatic heterocycles. The molecule has 0 N–H and O–H groups in total. The van der Waals surface area contributed by atoms with Gasteiger partial charge < -0.3 is 0 Å². The zero-order valence-corrected chi connectivity index (χ0v) is 11.9. The van der Waals surface area contributed by atoms with Gasteiger partial charge in [-0.25, -0.2) is 9.68 Å². The molecule has 5 aliphatic rings. The van der Waals surface area contributed by atoms with Gasteiger partial charge in [0, 0.05) is 0 Å². The van der Waals surface area contributed by atoms with Gasteiger partial charge in [-0.15, -0.1) is 23.5 Å². The standard InChI is InChI=1S/C14H10N2O2S2/c1-3-7-15-11(9-19-13(15)5-1)18-16-8-4-2-6-14(16)20-10-12(16)17-15/h1-10H. The fourth-order valence-corrected chi connectivity index (χ4v) is 4.51. The molecule has 1 saturated heterocycles. The van der Waals surface area contributed by atoms with Crippen LogP contribution in [0.15, 0.2) is 71.4 Å². The van der Waals surface area contributed by atoms with Gasteiger partial charge in [-0.05, 0) is 0 Å². The van der Waals surface area contributed by atoms with Crippen LogP contribution in [0.1, 0.15) is 0 Å². The zero-order chi connectivity index (χ0) is 13.2. The molecular weight excluding hydrogens is 292 g/mol. The Morgan fingerprint density at radius 2 is 1.25 bits per heavy atom. The minimum Gasteiger partial charge on any atom is -0.249 e. The summed E-state index contributed by atoms with van der Waals surface area (Å²) in [5, 5.41) is 6.23. The average molecular weight is 302 g/mol. The highest BCUT2D eigenvalue weighted by molar-refractivity contribution is 8.05. The van der Waals surface area contributed by atoms with E-state index in [1.165, 1.54) is 0 Å². The van der Waals surface area contributed by atoms with Crippen molar-refractivity contribution in [2.45, 2.75) is 0 Å². The molecule has 0 bridgehead atoms. The minimum atomic E-state index is 0.207. The van der Waals surface area contributed by atoms with Crippen LogP contribution < -0.4 is 0 Å². The number of hydroxylamine groups is 6. The maximum atomic E-state index is 6.34. The summed E-state index contributed by atoms with van der Waals surface area (Å²) in [5.74, 6) is 1.59. The third kappa shape index (κ3) is 1.14. The van der Waals surface area contributed by atoms with E-state index in [1.54, 1.807) is 23.5 Å². The van der Waals surface area contributed by atoms with Crippen LogP contribution in [0.4, 0.5) is 0 Å². The number of quaternary nitrogens is 2. The first kappa shape index (κ1) is 11.1. The SMILES string of the molecule is C1=C[C-]2SC=C3O[N+]45C=CC=C[C-]4SC=C5O[N+]32C=C1. The van der Waals surface area contributed by atoms with Gasteiger partial charge in [0.15, 0.2) is 0 Å². The lowest BCUT2D eigenvalue weighted by atomic mass is 10.3. The van der Waals surface area contributed by atoms with Gasteiger partial charge in [0.05, 0.1) is 21.6 Å². The molecule has 0 radical (unpaired) electrons. The zero-order valence-electron chi connectivity index (χ0n) is 10.3. The molecule has 0 amide bonds. The predicted molar refractivity (Wildman–Crippen MR) is 77.1 cm³/mol. The first-order valence-electron chi connectivity index (χ1n) is 6.22. The Labute approximate surface area is 125 Å². The molecule has 2 atom stereocenters. The van der Waals surface area contributed by atoms with E-state index in [1.807, 2.05) is 47.5 Å². The van der Waals surface area contributed by atoms with E-state index in [4.69, 9.17) is 9.68 Å². The van der Waals surface area contributed by atoms with Crippen LogP contribution in [-0.2, 0) is 9.68 Å². The summed E-state index contributed by atoms with van der Waals surface area (Å²) in [6.45, 7) is 0. The Morgan fingerprint density at radius 3 is 1.75 bits per heavy atom. The summed E-state index contributed by atoms with van der Waals surface area (Å²) in [6, 6.07) is 0. The van der Waals surface area contributed by atoms with E-state index in [0.717, 1.165) is 22.5 Å². The van der Waals surface area contributed by atoms with Crippen LogP contribution in [-0.4, -0.2) is 9.29 Å². The van der Waals surface area contributed by atoms with Gasteiger partial charge in [-0.1, -0.05) is 21.4 Å². The van der Waals surface area contributed by atoms with Crippen molar-refractivity contribution in [1.29, 1.82) is 0 Å². The van der Waals surface area contributed by atoms with Crippen LogP contribution >= 0.6 is 23.5 Å². The van der Waals surface area contributed by atoms with Gasteiger partial charge in [-0.2, -0.15) is 24.3 Å². The summed E-state index contributed by atoms with van der Waals surface area (Å²) < 4.78 is 0.413. The number of hydrogen-bond donors (Lipinski definition) is 0. The molecular formula is C14H10N2O2S2. The highest BCUT2D eigenvalue weighted by atomic mass is 32.2. The normalized spacial score (nSPS) is 38.4. The van der Waals surface area contributed by atoms with E-state index >= 15 is 0 Å². The minimum absolute atomic E-state index is 0.207. The van der Waals surface area contributed by atoms with E-state index in [-0.39, 0.29) is 9.29 Å². The fourth-order valence-electron chi connectivity index (χ4n) is 2.66. The number of rotatable bonds is 0. The van der Waals surface area contributed by atoms with Crippen LogP contribution in [0.2, 0.25) is 0 Å². The van der Waals surface area contributed by atoms with Crippen molar-refractivity contribution in [2.24, 2.45) is 0 Å². The molecule has 0 aromatic rings. The predicted octanol–water partition coefficient (Wildman–Crippen LogP) is 3.73. The summed E-state index contributed by atoms with van der Waals surface area (Å²) in [4.78, 5) is 12.7. The van der Waals surface area contributed by atoms with Gasteiger partial charge in [0.25, 0.3) is 0 Å². The third-order valence-electron chi connectivity index (χ3n) is 3.64. The Balaban J connectivity index is 1.64. The second kappa shape index (κ2) is 3.53. The Bertz CT molecular complexity index is 621. The lowest BCUT2D eigenvalue weighted by Gasteiger charge is -2.47. The second-order valence-electron chi connectivity index (χ2n) is 4.72. The van der Waals surface area contributed by atoms with Gasteiger partial charge in [0.1, 0.15) is 12.4 Å². The highest BCUT2D eigenvalue weighted by Crippen LogP contribution is 2.59. The molecule has 5 heterocycles. The molecule has 2 spiro atoms. The molecule has 2 unspecified atom stereocenters. The van der Waals surface area contributed by atoms with Crippen molar-refractivity contribution in [3.63, 3.8) is 0 Å². The number of allylic oxidation sites excluding steroid dienone is 4. The van der Waals surface area contributed by atoms with Crippen molar-refractivity contribution in [1.82, 2.24) is 0 Å². The quantitative estimate of drug-likeness (QED) is 0.501. The maximum absolute atomic E-state index is 6.34. The first-order chi connectivity index (χ1) is 9.83. The van der Waals surface area contributed by atoms with Crippen molar-refractivity contribution >= 4 is 23.5 Å². The maximum Gasteiger partial charge on any atom is 0.390 e. The monoisotopic (exact) mass is 302 g/mol. The molecule has 0 aromatic carbocycles. The lowest BCUT2D eigenvalue weighted by molar-refractivity contribution is -1.16. The molecule has 5 aliphatic heterocycles. The van der Waals surface area contributed by atoms with Gasteiger partial charge >= 0.3 is 11.8 Å². The molecule has 5 rings (SSSR count). The van der Waals surface area contributed by atoms with Crippen LogP contribution in [0.25, 0.3) is 0 Å². The van der Waals surface area contributed by atoms with E-state index in [2.05, 4.69) is 12.2 Å². The summed E-state index contributed by atoms with van der Waals surface area (Å²) >= 11 is 3.28. The smallest absolute Gasteiger partial charge is 0.249 e. The number of nitrogens with zero attached hydrogens (tertiary/aromatic N) is 2. The van der Waals surface area contributed by atoms with Crippen LogP contribution in [0.3, 0.4) is 0 Å². The molecule has 1 fully saturated rings. The van der Waals surface area contributed by atoms with Crippen molar-refractivity contribution < 1.29 is 19.0 Å². The fraction of sp³-hybridized carbons (Fsp3) is 0. The Hall–Kier alpha value is -1.60. The van der Waals surface area contributed by atoms with Crippen LogP contribution in [0.5, 0.6) is 0 Å². The van der Waals surface area contributed by atoms with Gasteiger partial charge in [0.2, 0.25) is 0 Å². The highest BCUT2D eigenvalue weighted by Gasteiger charge is 2.61. The van der Waals surface area contributed by atoms with Crippen molar-refractivity contribution in [3.05, 3.63) is 82.2 Å². The molecule has 20 heavy (non-hydrogen) atoms. The van der Waals surface area contributed by atoms with E-state index in [9.17, 15) is 0 Å². The molecule has 4 nitrogen and oxygen atoms in total. The van der Waals surface area contributed by atoms with Gasteiger partial charge in [-0.3, -0.25) is 0 Å². The average Bonchev–Trinajstić information content (AvgIpc) is 3.02. The molecule has 0 saturated carbocycles. The third-order valence-corrected chi connectivity index (χ3v) is 5.57. The molecule has 0 aliphatic carbocycles. The van der Waals surface area contributed by atoms with E-state index < -0.39 is 0 Å².